The minimum atomic E-state index is -0.873. The van der Waals surface area contributed by atoms with Crippen molar-refractivity contribution in [2.24, 2.45) is 5.41 Å². The van der Waals surface area contributed by atoms with Crippen LogP contribution in [0.3, 0.4) is 0 Å². The summed E-state index contributed by atoms with van der Waals surface area (Å²) in [5, 5.41) is 20.1. The lowest BCUT2D eigenvalue weighted by molar-refractivity contribution is -0.148. The zero-order valence-corrected chi connectivity index (χ0v) is 7.85. The molecular weight excluding hydrogens is 172 g/mol. The Morgan fingerprint density at radius 2 is 2.23 bits per heavy atom. The van der Waals surface area contributed by atoms with E-state index in [1.165, 1.54) is 4.80 Å². The number of nitrogens with zero attached hydrogens (tertiary/aromatic N) is 4. The number of aryl methyl sites for hydroxylation is 1. The van der Waals surface area contributed by atoms with Crippen molar-refractivity contribution in [3.8, 4) is 0 Å². The molecule has 0 spiro atoms. The standard InChI is InChI=1S/C7H12N4O2/c1-5-8-10-11(9-5)4-7(2,3)6(12)13/h4H2,1-3H3,(H,12,13). The summed E-state index contributed by atoms with van der Waals surface area (Å²) < 4.78 is 0. The van der Waals surface area contributed by atoms with Gasteiger partial charge < -0.3 is 5.11 Å². The summed E-state index contributed by atoms with van der Waals surface area (Å²) in [6.07, 6.45) is 0. The molecule has 0 aliphatic carbocycles. The maximum Gasteiger partial charge on any atom is 0.311 e. The normalized spacial score (nSPS) is 11.6. The zero-order chi connectivity index (χ0) is 10.1. The van der Waals surface area contributed by atoms with E-state index in [0.717, 1.165) is 0 Å². The molecule has 0 radical (unpaired) electrons. The number of aromatic nitrogens is 4. The van der Waals surface area contributed by atoms with Gasteiger partial charge in [-0.3, -0.25) is 4.79 Å². The summed E-state index contributed by atoms with van der Waals surface area (Å²) in [4.78, 5) is 12.0. The van der Waals surface area contributed by atoms with Gasteiger partial charge in [0.15, 0.2) is 5.82 Å². The van der Waals surface area contributed by atoms with Crippen molar-refractivity contribution in [1.82, 2.24) is 20.2 Å². The van der Waals surface area contributed by atoms with Crippen LogP contribution >= 0.6 is 0 Å². The quantitative estimate of drug-likeness (QED) is 0.720. The van der Waals surface area contributed by atoms with Gasteiger partial charge in [0, 0.05) is 0 Å². The fourth-order valence-corrected chi connectivity index (χ4v) is 0.812. The van der Waals surface area contributed by atoms with Crippen molar-refractivity contribution in [1.29, 1.82) is 0 Å². The van der Waals surface area contributed by atoms with Gasteiger partial charge in [0.05, 0.1) is 12.0 Å². The largest absolute Gasteiger partial charge is 0.481 e. The van der Waals surface area contributed by atoms with E-state index in [-0.39, 0.29) is 6.54 Å². The molecular formula is C7H12N4O2. The van der Waals surface area contributed by atoms with Gasteiger partial charge in [-0.15, -0.1) is 10.2 Å². The molecule has 72 valence electrons. The highest BCUT2D eigenvalue weighted by Crippen LogP contribution is 2.16. The van der Waals surface area contributed by atoms with Gasteiger partial charge in [0.2, 0.25) is 0 Å². The second-order valence-corrected chi connectivity index (χ2v) is 3.56. The maximum absolute atomic E-state index is 10.7. The minimum absolute atomic E-state index is 0.225. The fraction of sp³-hybridized carbons (Fsp3) is 0.714. The number of hydrogen-bond donors (Lipinski definition) is 1. The summed E-state index contributed by atoms with van der Waals surface area (Å²) in [6.45, 7) is 5.17. The fourth-order valence-electron chi connectivity index (χ4n) is 0.812. The Balaban J connectivity index is 2.74. The smallest absolute Gasteiger partial charge is 0.311 e. The van der Waals surface area contributed by atoms with E-state index in [9.17, 15) is 4.79 Å². The van der Waals surface area contributed by atoms with Crippen LogP contribution in [-0.2, 0) is 11.3 Å². The van der Waals surface area contributed by atoms with E-state index in [0.29, 0.717) is 5.82 Å². The highest BCUT2D eigenvalue weighted by atomic mass is 16.4. The third-order valence-corrected chi connectivity index (χ3v) is 1.67. The van der Waals surface area contributed by atoms with Crippen LogP contribution in [0.2, 0.25) is 0 Å². The number of carboxylic acids is 1. The summed E-state index contributed by atoms with van der Waals surface area (Å²) >= 11 is 0. The van der Waals surface area contributed by atoms with E-state index >= 15 is 0 Å². The zero-order valence-electron chi connectivity index (χ0n) is 7.85. The number of carbonyl (C=O) groups is 1. The molecule has 0 saturated heterocycles. The van der Waals surface area contributed by atoms with Crippen LogP contribution in [0.15, 0.2) is 0 Å². The first kappa shape index (κ1) is 9.63. The number of tetrazole rings is 1. The molecule has 0 aliphatic heterocycles. The molecule has 0 unspecified atom stereocenters. The van der Waals surface area contributed by atoms with Gasteiger partial charge in [-0.25, -0.2) is 0 Å². The number of carboxylic acid groups (broad SMARTS) is 1. The van der Waals surface area contributed by atoms with Gasteiger partial charge in [0.25, 0.3) is 0 Å². The Bertz CT molecular complexity index is 318. The maximum atomic E-state index is 10.7. The second-order valence-electron chi connectivity index (χ2n) is 3.56. The molecule has 0 amide bonds. The third-order valence-electron chi connectivity index (χ3n) is 1.67. The average Bonchev–Trinajstić information content (AvgIpc) is 2.34. The molecule has 0 aromatic carbocycles. The highest BCUT2D eigenvalue weighted by molar-refractivity contribution is 5.73. The van der Waals surface area contributed by atoms with Crippen molar-refractivity contribution in [3.05, 3.63) is 5.82 Å². The van der Waals surface area contributed by atoms with Gasteiger partial charge >= 0.3 is 5.97 Å². The van der Waals surface area contributed by atoms with Crippen molar-refractivity contribution in [2.45, 2.75) is 27.3 Å². The topological polar surface area (TPSA) is 80.9 Å². The SMILES string of the molecule is Cc1nnn(CC(C)(C)C(=O)O)n1. The third kappa shape index (κ3) is 2.24. The minimum Gasteiger partial charge on any atom is -0.481 e. The Kier molecular flexibility index (Phi) is 2.31. The van der Waals surface area contributed by atoms with E-state index in [4.69, 9.17) is 5.11 Å². The molecule has 1 rings (SSSR count). The van der Waals surface area contributed by atoms with Crippen LogP contribution in [0.25, 0.3) is 0 Å². The predicted molar refractivity (Wildman–Crippen MR) is 44.0 cm³/mol. The van der Waals surface area contributed by atoms with E-state index in [1.807, 2.05) is 0 Å². The summed E-state index contributed by atoms with van der Waals surface area (Å²) in [5.74, 6) is -0.330. The number of aliphatic carboxylic acids is 1. The van der Waals surface area contributed by atoms with Gasteiger partial charge in [-0.05, 0) is 26.0 Å². The molecule has 0 bridgehead atoms. The molecule has 13 heavy (non-hydrogen) atoms. The van der Waals surface area contributed by atoms with Crippen LogP contribution in [0.4, 0.5) is 0 Å². The van der Waals surface area contributed by atoms with E-state index in [1.54, 1.807) is 20.8 Å². The molecule has 0 saturated carbocycles. The van der Waals surface area contributed by atoms with Crippen molar-refractivity contribution in [3.63, 3.8) is 0 Å². The van der Waals surface area contributed by atoms with Crippen LogP contribution < -0.4 is 0 Å². The summed E-state index contributed by atoms with van der Waals surface area (Å²) in [7, 11) is 0. The van der Waals surface area contributed by atoms with Crippen molar-refractivity contribution >= 4 is 5.97 Å². The Morgan fingerprint density at radius 3 is 2.62 bits per heavy atom. The average molecular weight is 184 g/mol. The number of rotatable bonds is 3. The lowest BCUT2D eigenvalue weighted by atomic mass is 9.94. The van der Waals surface area contributed by atoms with Crippen LogP contribution in [0.1, 0.15) is 19.7 Å². The first-order valence-corrected chi connectivity index (χ1v) is 3.89. The molecule has 1 aromatic heterocycles. The summed E-state index contributed by atoms with van der Waals surface area (Å²) in [6, 6.07) is 0. The first-order chi connectivity index (χ1) is 5.92. The van der Waals surface area contributed by atoms with Crippen LogP contribution in [0.5, 0.6) is 0 Å². The van der Waals surface area contributed by atoms with Crippen molar-refractivity contribution in [2.75, 3.05) is 0 Å². The van der Waals surface area contributed by atoms with Gasteiger partial charge in [-0.2, -0.15) is 4.80 Å². The van der Waals surface area contributed by atoms with E-state index in [2.05, 4.69) is 15.4 Å². The second kappa shape index (κ2) is 3.12. The molecule has 1 aromatic rings. The lowest BCUT2D eigenvalue weighted by Gasteiger charge is -2.16. The van der Waals surface area contributed by atoms with Crippen molar-refractivity contribution < 1.29 is 9.90 Å². The van der Waals surface area contributed by atoms with Gasteiger partial charge in [0.1, 0.15) is 0 Å². The Morgan fingerprint density at radius 1 is 1.62 bits per heavy atom. The Labute approximate surface area is 75.6 Å². The highest BCUT2D eigenvalue weighted by Gasteiger charge is 2.28. The molecule has 6 nitrogen and oxygen atoms in total. The molecule has 6 heteroatoms. The predicted octanol–water partition coefficient (Wildman–Crippen LogP) is 0.0923. The Hall–Kier alpha value is -1.46. The molecule has 0 atom stereocenters. The molecule has 1 heterocycles. The summed E-state index contributed by atoms with van der Waals surface area (Å²) in [5.41, 5.74) is -0.868. The monoisotopic (exact) mass is 184 g/mol. The van der Waals surface area contributed by atoms with Gasteiger partial charge in [-0.1, -0.05) is 0 Å². The lowest BCUT2D eigenvalue weighted by Crippen LogP contribution is -2.30. The van der Waals surface area contributed by atoms with Crippen LogP contribution in [0, 0.1) is 12.3 Å². The van der Waals surface area contributed by atoms with Crippen LogP contribution in [-0.4, -0.2) is 31.3 Å². The molecule has 1 N–H and O–H groups in total. The number of hydrogen-bond acceptors (Lipinski definition) is 4. The molecule has 0 aliphatic rings. The first-order valence-electron chi connectivity index (χ1n) is 3.89. The van der Waals surface area contributed by atoms with E-state index < -0.39 is 11.4 Å². The molecule has 0 fully saturated rings.